The van der Waals surface area contributed by atoms with Crippen molar-refractivity contribution in [3.8, 4) is 11.3 Å². The molecule has 1 fully saturated rings. The monoisotopic (exact) mass is 410 g/mol. The van der Waals surface area contributed by atoms with Crippen LogP contribution in [-0.2, 0) is 17.8 Å². The van der Waals surface area contributed by atoms with Gasteiger partial charge in [-0.05, 0) is 31.4 Å². The molecule has 1 N–H and O–H groups in total. The van der Waals surface area contributed by atoms with E-state index in [1.54, 1.807) is 6.33 Å². The molecular weight excluding hydrogens is 388 g/mol. The number of H-pyrrole nitrogens is 1. The van der Waals surface area contributed by atoms with Gasteiger partial charge in [0.05, 0.1) is 23.2 Å². The fraction of sp³-hybridized carbons (Fsp3) is 0.429. The van der Waals surface area contributed by atoms with Crippen LogP contribution in [0.25, 0.3) is 11.3 Å². The van der Waals surface area contributed by atoms with Crippen LogP contribution in [0.15, 0.2) is 36.7 Å². The third kappa shape index (κ3) is 3.55. The minimum atomic E-state index is 0.0136. The number of hydrogen-bond donors (Lipinski definition) is 1. The lowest BCUT2D eigenvalue weighted by Crippen LogP contribution is -2.43. The maximum Gasteiger partial charge on any atom is 0.227 e. The van der Waals surface area contributed by atoms with E-state index in [1.165, 1.54) is 0 Å². The molecule has 1 amide bonds. The zero-order chi connectivity index (χ0) is 19.8. The van der Waals surface area contributed by atoms with E-state index in [9.17, 15) is 4.79 Å². The van der Waals surface area contributed by atoms with Crippen LogP contribution in [0.5, 0.6) is 0 Å². The number of aryl methyl sites for hydroxylation is 1. The van der Waals surface area contributed by atoms with Crippen molar-refractivity contribution in [1.82, 2.24) is 29.9 Å². The summed E-state index contributed by atoms with van der Waals surface area (Å²) in [4.78, 5) is 19.3. The molecule has 0 bridgehead atoms. The number of carbonyl (C=O) groups is 1. The van der Waals surface area contributed by atoms with Gasteiger partial charge in [0.2, 0.25) is 5.91 Å². The Morgan fingerprint density at radius 2 is 2.00 bits per heavy atom. The molecule has 0 radical (unpaired) electrons. The van der Waals surface area contributed by atoms with Crippen molar-refractivity contribution in [1.29, 1.82) is 0 Å². The zero-order valence-electron chi connectivity index (χ0n) is 16.1. The molecule has 1 aromatic carbocycles. The van der Waals surface area contributed by atoms with E-state index in [0.29, 0.717) is 17.5 Å². The number of carbonyl (C=O) groups excluding carboxylic acids is 1. The second-order valence-corrected chi connectivity index (χ2v) is 8.29. The summed E-state index contributed by atoms with van der Waals surface area (Å²) in [6.45, 7) is 2.21. The first-order chi connectivity index (χ1) is 14.2. The number of hydrogen-bond acceptors (Lipinski definition) is 4. The molecule has 2 aliphatic rings. The first-order valence-electron chi connectivity index (χ1n) is 10.1. The number of amides is 1. The summed E-state index contributed by atoms with van der Waals surface area (Å²) in [7, 11) is 0. The number of nitrogens with zero attached hydrogens (tertiary/aromatic N) is 5. The van der Waals surface area contributed by atoms with E-state index in [0.717, 1.165) is 61.5 Å². The summed E-state index contributed by atoms with van der Waals surface area (Å²) in [5.41, 5.74) is 2.93. The van der Waals surface area contributed by atoms with Crippen LogP contribution in [0.1, 0.15) is 36.7 Å². The lowest BCUT2D eigenvalue weighted by atomic mass is 9.91. The van der Waals surface area contributed by atoms with Gasteiger partial charge < -0.3 is 4.90 Å². The minimum Gasteiger partial charge on any atom is -0.342 e. The molecule has 3 aromatic rings. The van der Waals surface area contributed by atoms with Crippen LogP contribution in [0.4, 0.5) is 0 Å². The van der Waals surface area contributed by atoms with E-state index >= 15 is 0 Å². The van der Waals surface area contributed by atoms with Crippen molar-refractivity contribution in [2.75, 3.05) is 13.1 Å². The third-order valence-corrected chi connectivity index (χ3v) is 6.48. The van der Waals surface area contributed by atoms with Gasteiger partial charge >= 0.3 is 0 Å². The Hall–Kier alpha value is -2.67. The van der Waals surface area contributed by atoms with Gasteiger partial charge in [-0.1, -0.05) is 29.8 Å². The van der Waals surface area contributed by atoms with Gasteiger partial charge in [0, 0.05) is 36.7 Å². The summed E-state index contributed by atoms with van der Waals surface area (Å²) in [6, 6.07) is 9.84. The zero-order valence-corrected chi connectivity index (χ0v) is 16.8. The third-order valence-electron chi connectivity index (χ3n) is 6.15. The Kier molecular flexibility index (Phi) is 4.83. The molecule has 7 nitrogen and oxygen atoms in total. The molecule has 4 heterocycles. The van der Waals surface area contributed by atoms with Crippen LogP contribution >= 0.6 is 11.6 Å². The topological polar surface area (TPSA) is 79.7 Å². The SMILES string of the molecule is O=C(C1CCc2ncnn2C1)N1CCC(c2cc(-c3ccccc3Cl)n[nH]2)CC1. The van der Waals surface area contributed by atoms with Crippen LogP contribution in [0, 0.1) is 5.92 Å². The molecule has 0 saturated carbocycles. The summed E-state index contributed by atoms with van der Waals surface area (Å²) in [6.07, 6.45) is 5.15. The smallest absolute Gasteiger partial charge is 0.227 e. The average molecular weight is 411 g/mol. The summed E-state index contributed by atoms with van der Waals surface area (Å²) in [5.74, 6) is 1.64. The molecule has 1 unspecified atom stereocenters. The molecule has 8 heteroatoms. The van der Waals surface area contributed by atoms with Gasteiger partial charge in [-0.25, -0.2) is 9.67 Å². The van der Waals surface area contributed by atoms with Crippen molar-refractivity contribution in [3.63, 3.8) is 0 Å². The van der Waals surface area contributed by atoms with E-state index in [2.05, 4.69) is 26.3 Å². The van der Waals surface area contributed by atoms with Crippen molar-refractivity contribution in [2.45, 2.75) is 38.1 Å². The number of fused-ring (bicyclic) bond motifs is 1. The Labute approximate surface area is 174 Å². The number of piperidine rings is 1. The number of aromatic amines is 1. The highest BCUT2D eigenvalue weighted by Crippen LogP contribution is 2.32. The van der Waals surface area contributed by atoms with E-state index in [-0.39, 0.29) is 11.8 Å². The van der Waals surface area contributed by atoms with Gasteiger partial charge in [-0.2, -0.15) is 10.2 Å². The molecule has 0 aliphatic carbocycles. The molecule has 2 aliphatic heterocycles. The summed E-state index contributed by atoms with van der Waals surface area (Å²) >= 11 is 6.30. The molecule has 150 valence electrons. The van der Waals surface area contributed by atoms with Crippen LogP contribution in [0.3, 0.4) is 0 Å². The number of aromatic nitrogens is 5. The lowest BCUT2D eigenvalue weighted by Gasteiger charge is -2.34. The van der Waals surface area contributed by atoms with Crippen LogP contribution in [-0.4, -0.2) is 48.9 Å². The van der Waals surface area contributed by atoms with Crippen molar-refractivity contribution < 1.29 is 4.79 Å². The minimum absolute atomic E-state index is 0.0136. The van der Waals surface area contributed by atoms with Crippen molar-refractivity contribution in [3.05, 3.63) is 53.2 Å². The highest BCUT2D eigenvalue weighted by Gasteiger charge is 2.32. The fourth-order valence-corrected chi connectivity index (χ4v) is 4.69. The van der Waals surface area contributed by atoms with Gasteiger partial charge in [-0.3, -0.25) is 9.89 Å². The van der Waals surface area contributed by atoms with E-state index < -0.39 is 0 Å². The Morgan fingerprint density at radius 1 is 1.17 bits per heavy atom. The number of likely N-dealkylation sites (tertiary alicyclic amines) is 1. The van der Waals surface area contributed by atoms with E-state index in [4.69, 9.17) is 11.6 Å². The average Bonchev–Trinajstić information content (AvgIpc) is 3.43. The number of benzene rings is 1. The lowest BCUT2D eigenvalue weighted by molar-refractivity contribution is -0.137. The molecule has 1 atom stereocenters. The first kappa shape index (κ1) is 18.4. The first-order valence-corrected chi connectivity index (χ1v) is 10.5. The molecular formula is C21H23ClN6O. The number of halogens is 1. The van der Waals surface area contributed by atoms with Gasteiger partial charge in [0.25, 0.3) is 0 Å². The van der Waals surface area contributed by atoms with Crippen molar-refractivity contribution in [2.24, 2.45) is 5.92 Å². The van der Waals surface area contributed by atoms with Crippen LogP contribution < -0.4 is 0 Å². The molecule has 2 aromatic heterocycles. The van der Waals surface area contributed by atoms with E-state index in [1.807, 2.05) is 33.8 Å². The van der Waals surface area contributed by atoms with Gasteiger partial charge in [0.1, 0.15) is 12.2 Å². The van der Waals surface area contributed by atoms with Crippen LogP contribution in [0.2, 0.25) is 5.02 Å². The normalized spacial score (nSPS) is 19.9. The standard InChI is InChI=1S/C21H23ClN6O/c22-17-4-2-1-3-16(17)19-11-18(25-26-19)14-7-9-27(10-8-14)21(29)15-5-6-20-23-13-24-28(20)12-15/h1-4,11,13-15H,5-10,12H2,(H,25,26). The van der Waals surface area contributed by atoms with Gasteiger partial charge in [-0.15, -0.1) is 0 Å². The van der Waals surface area contributed by atoms with Crippen molar-refractivity contribution >= 4 is 17.5 Å². The fourth-order valence-electron chi connectivity index (χ4n) is 4.46. The quantitative estimate of drug-likeness (QED) is 0.718. The highest BCUT2D eigenvalue weighted by molar-refractivity contribution is 6.33. The largest absolute Gasteiger partial charge is 0.342 e. The van der Waals surface area contributed by atoms with Gasteiger partial charge in [0.15, 0.2) is 0 Å². The number of nitrogens with one attached hydrogen (secondary N) is 1. The Bertz CT molecular complexity index is 1020. The molecule has 5 rings (SSSR count). The predicted octanol–water partition coefficient (Wildman–Crippen LogP) is 3.29. The summed E-state index contributed by atoms with van der Waals surface area (Å²) in [5, 5.41) is 12.6. The Balaban J connectivity index is 1.21. The maximum atomic E-state index is 13.0. The predicted molar refractivity (Wildman–Crippen MR) is 109 cm³/mol. The Morgan fingerprint density at radius 3 is 2.83 bits per heavy atom. The number of rotatable bonds is 3. The molecule has 1 saturated heterocycles. The highest BCUT2D eigenvalue weighted by atomic mass is 35.5. The molecule has 29 heavy (non-hydrogen) atoms. The molecule has 0 spiro atoms. The second kappa shape index (κ2) is 7.63. The maximum absolute atomic E-state index is 13.0. The summed E-state index contributed by atoms with van der Waals surface area (Å²) < 4.78 is 1.87. The second-order valence-electron chi connectivity index (χ2n) is 7.88.